The molecule has 0 amide bonds. The summed E-state index contributed by atoms with van der Waals surface area (Å²) in [5.74, 6) is 0.989. The molecule has 0 aromatic heterocycles. The second-order valence-corrected chi connectivity index (χ2v) is 10.1. The quantitative estimate of drug-likeness (QED) is 0.380. The van der Waals surface area contributed by atoms with Crippen molar-refractivity contribution in [1.82, 2.24) is 9.80 Å². The molecule has 0 N–H and O–H groups in total. The molecule has 3 aromatic rings. The van der Waals surface area contributed by atoms with E-state index in [1.165, 1.54) is 73.2 Å². The van der Waals surface area contributed by atoms with E-state index >= 15 is 0 Å². The lowest BCUT2D eigenvalue weighted by Crippen LogP contribution is -2.44. The van der Waals surface area contributed by atoms with Crippen LogP contribution in [0.25, 0.3) is 10.8 Å². The van der Waals surface area contributed by atoms with Gasteiger partial charge in [0.05, 0.1) is 12.6 Å². The van der Waals surface area contributed by atoms with Crippen molar-refractivity contribution in [2.75, 3.05) is 57.8 Å². The van der Waals surface area contributed by atoms with E-state index in [0.29, 0.717) is 6.04 Å². The Morgan fingerprint density at radius 1 is 0.824 bits per heavy atom. The minimum atomic E-state index is 0.359. The summed E-state index contributed by atoms with van der Waals surface area (Å²) in [5.41, 5.74) is 4.22. The largest absolute Gasteiger partial charge is 0.494 e. The number of benzene rings is 3. The summed E-state index contributed by atoms with van der Waals surface area (Å²) in [6, 6.07) is 22.6. The summed E-state index contributed by atoms with van der Waals surface area (Å²) < 4.78 is 6.14. The molecule has 4 heteroatoms. The fourth-order valence-corrected chi connectivity index (χ4v) is 5.41. The molecule has 5 rings (SSSR count). The number of unbranched alkanes of at least 4 members (excludes halogenated alkanes) is 2. The first-order chi connectivity index (χ1) is 16.7. The van der Waals surface area contributed by atoms with E-state index in [-0.39, 0.29) is 0 Å². The van der Waals surface area contributed by atoms with E-state index in [0.717, 1.165) is 31.7 Å². The highest BCUT2D eigenvalue weighted by atomic mass is 16.5. The molecule has 34 heavy (non-hydrogen) atoms. The maximum atomic E-state index is 6.14. The Morgan fingerprint density at radius 3 is 2.53 bits per heavy atom. The predicted octanol–water partition coefficient (Wildman–Crippen LogP) is 5.76. The van der Waals surface area contributed by atoms with E-state index in [4.69, 9.17) is 4.74 Å². The predicted molar refractivity (Wildman–Crippen MR) is 143 cm³/mol. The van der Waals surface area contributed by atoms with Crippen molar-refractivity contribution < 1.29 is 4.74 Å². The normalized spacial score (nSPS) is 17.8. The van der Waals surface area contributed by atoms with E-state index in [2.05, 4.69) is 89.3 Å². The topological polar surface area (TPSA) is 19.0 Å². The minimum Gasteiger partial charge on any atom is -0.494 e. The van der Waals surface area contributed by atoms with Gasteiger partial charge in [-0.2, -0.15) is 0 Å². The Labute approximate surface area is 205 Å². The molecule has 1 fully saturated rings. The van der Waals surface area contributed by atoms with Crippen molar-refractivity contribution in [1.29, 1.82) is 0 Å². The standard InChI is InChI=1S/C30H39N3O/c1-24(33-16-14-26-8-4-5-9-30(26)33)27-11-10-25-12-13-29(23-28(25)22-27)34-21-7-3-6-15-32-19-17-31(2)18-20-32/h4-5,8-13,22-24H,3,6-7,14-21H2,1-2H3/t24-/m0/s1. The third-order valence-corrected chi connectivity index (χ3v) is 7.69. The van der Waals surface area contributed by atoms with Gasteiger partial charge in [0.25, 0.3) is 0 Å². The lowest BCUT2D eigenvalue weighted by Gasteiger charge is -2.32. The van der Waals surface area contributed by atoms with E-state index < -0.39 is 0 Å². The third-order valence-electron chi connectivity index (χ3n) is 7.69. The molecule has 180 valence electrons. The Morgan fingerprint density at radius 2 is 1.65 bits per heavy atom. The number of nitrogens with zero attached hydrogens (tertiary/aromatic N) is 3. The Bertz CT molecular complexity index is 1090. The van der Waals surface area contributed by atoms with E-state index in [1.54, 1.807) is 0 Å². The highest BCUT2D eigenvalue weighted by molar-refractivity contribution is 5.84. The lowest BCUT2D eigenvalue weighted by molar-refractivity contribution is 0.151. The van der Waals surface area contributed by atoms with Gasteiger partial charge in [-0.15, -0.1) is 0 Å². The summed E-state index contributed by atoms with van der Waals surface area (Å²) >= 11 is 0. The van der Waals surface area contributed by atoms with Crippen molar-refractivity contribution in [3.8, 4) is 5.75 Å². The highest BCUT2D eigenvalue weighted by Gasteiger charge is 2.24. The van der Waals surface area contributed by atoms with Crippen LogP contribution in [0.4, 0.5) is 5.69 Å². The van der Waals surface area contributed by atoms with Crippen molar-refractivity contribution in [2.24, 2.45) is 0 Å². The van der Waals surface area contributed by atoms with Crippen molar-refractivity contribution in [2.45, 2.75) is 38.6 Å². The first-order valence-corrected chi connectivity index (χ1v) is 13.1. The third kappa shape index (κ3) is 5.39. The van der Waals surface area contributed by atoms with Gasteiger partial charge in [0.2, 0.25) is 0 Å². The van der Waals surface area contributed by atoms with Gasteiger partial charge in [0, 0.05) is 38.4 Å². The maximum Gasteiger partial charge on any atom is 0.119 e. The Kier molecular flexibility index (Phi) is 7.36. The first kappa shape index (κ1) is 23.2. The fraction of sp³-hybridized carbons (Fsp3) is 0.467. The van der Waals surface area contributed by atoms with Gasteiger partial charge in [0.15, 0.2) is 0 Å². The van der Waals surface area contributed by atoms with Crippen LogP contribution in [-0.4, -0.2) is 62.7 Å². The number of fused-ring (bicyclic) bond motifs is 2. The second kappa shape index (κ2) is 10.8. The number of anilines is 1. The van der Waals surface area contributed by atoms with Crippen LogP contribution >= 0.6 is 0 Å². The SMILES string of the molecule is C[C@@H](c1ccc2ccc(OCCCCCN3CCN(C)CC3)cc2c1)N1CCc2ccccc21. The summed E-state index contributed by atoms with van der Waals surface area (Å²) in [6.45, 7) is 10.3. The molecule has 2 aliphatic heterocycles. The van der Waals surface area contributed by atoms with E-state index in [9.17, 15) is 0 Å². The summed E-state index contributed by atoms with van der Waals surface area (Å²) in [7, 11) is 2.22. The number of para-hydroxylation sites is 1. The molecule has 1 saturated heterocycles. The average molecular weight is 458 g/mol. The number of hydrogen-bond donors (Lipinski definition) is 0. The highest BCUT2D eigenvalue weighted by Crippen LogP contribution is 2.35. The zero-order chi connectivity index (χ0) is 23.3. The molecule has 0 radical (unpaired) electrons. The Balaban J connectivity index is 1.14. The molecule has 0 saturated carbocycles. The smallest absolute Gasteiger partial charge is 0.119 e. The number of rotatable bonds is 9. The molecule has 0 bridgehead atoms. The van der Waals surface area contributed by atoms with Gasteiger partial charge < -0.3 is 19.4 Å². The van der Waals surface area contributed by atoms with Crippen LogP contribution < -0.4 is 9.64 Å². The van der Waals surface area contributed by atoms with Crippen LogP contribution in [0, 0.1) is 0 Å². The molecule has 4 nitrogen and oxygen atoms in total. The zero-order valence-electron chi connectivity index (χ0n) is 20.9. The van der Waals surface area contributed by atoms with Crippen LogP contribution in [0.1, 0.15) is 43.4 Å². The Hall–Kier alpha value is -2.56. The van der Waals surface area contributed by atoms with Crippen LogP contribution in [0.2, 0.25) is 0 Å². The van der Waals surface area contributed by atoms with Crippen LogP contribution in [-0.2, 0) is 6.42 Å². The maximum absolute atomic E-state index is 6.14. The second-order valence-electron chi connectivity index (χ2n) is 10.1. The number of hydrogen-bond acceptors (Lipinski definition) is 4. The van der Waals surface area contributed by atoms with Gasteiger partial charge in [-0.1, -0.05) is 36.4 Å². The zero-order valence-corrected chi connectivity index (χ0v) is 20.9. The fourth-order valence-electron chi connectivity index (χ4n) is 5.41. The van der Waals surface area contributed by atoms with Crippen molar-refractivity contribution >= 4 is 16.5 Å². The molecule has 3 aromatic carbocycles. The summed E-state index contributed by atoms with van der Waals surface area (Å²) in [4.78, 5) is 7.56. The van der Waals surface area contributed by atoms with Gasteiger partial charge in [-0.05, 0) is 92.4 Å². The number of likely N-dealkylation sites (N-methyl/N-ethyl adjacent to an activating group) is 1. The molecule has 1 atom stereocenters. The molecule has 2 aliphatic rings. The number of ether oxygens (including phenoxy) is 1. The molecule has 0 aliphatic carbocycles. The van der Waals surface area contributed by atoms with Crippen LogP contribution in [0.5, 0.6) is 5.75 Å². The first-order valence-electron chi connectivity index (χ1n) is 13.1. The van der Waals surface area contributed by atoms with Gasteiger partial charge in [-0.3, -0.25) is 0 Å². The molecule has 0 spiro atoms. The molecule has 2 heterocycles. The van der Waals surface area contributed by atoms with Gasteiger partial charge in [0.1, 0.15) is 5.75 Å². The van der Waals surface area contributed by atoms with Crippen molar-refractivity contribution in [3.63, 3.8) is 0 Å². The van der Waals surface area contributed by atoms with Crippen molar-refractivity contribution in [3.05, 3.63) is 71.8 Å². The molecular weight excluding hydrogens is 418 g/mol. The minimum absolute atomic E-state index is 0.359. The van der Waals surface area contributed by atoms with E-state index in [1.807, 2.05) is 0 Å². The lowest BCUT2D eigenvalue weighted by atomic mass is 10.0. The summed E-state index contributed by atoms with van der Waals surface area (Å²) in [5, 5.41) is 2.54. The molecular formula is C30H39N3O. The summed E-state index contributed by atoms with van der Waals surface area (Å²) in [6.07, 6.45) is 4.77. The van der Waals surface area contributed by atoms with Crippen LogP contribution in [0.15, 0.2) is 60.7 Å². The van der Waals surface area contributed by atoms with Crippen LogP contribution in [0.3, 0.4) is 0 Å². The number of piperazine rings is 1. The van der Waals surface area contributed by atoms with Gasteiger partial charge >= 0.3 is 0 Å². The average Bonchev–Trinajstić information content (AvgIpc) is 3.30. The molecule has 0 unspecified atom stereocenters. The monoisotopic (exact) mass is 457 g/mol. The van der Waals surface area contributed by atoms with Gasteiger partial charge in [-0.25, -0.2) is 0 Å².